The van der Waals surface area contributed by atoms with Crippen molar-refractivity contribution in [2.45, 2.75) is 31.9 Å². The minimum atomic E-state index is 0.0418. The van der Waals surface area contributed by atoms with E-state index >= 15 is 0 Å². The molecule has 0 radical (unpaired) electrons. The number of rotatable bonds is 5. The SMILES string of the molecule is COC(C)CCC(N)c1sccc1Cl. The fourth-order valence-corrected chi connectivity index (χ4v) is 2.47. The number of nitrogens with two attached hydrogens (primary N) is 1. The van der Waals surface area contributed by atoms with Crippen LogP contribution in [0.25, 0.3) is 0 Å². The van der Waals surface area contributed by atoms with Gasteiger partial charge in [0.25, 0.3) is 0 Å². The monoisotopic (exact) mass is 233 g/mol. The number of thiophene rings is 1. The van der Waals surface area contributed by atoms with Crippen LogP contribution in [0, 0.1) is 0 Å². The molecule has 1 heterocycles. The van der Waals surface area contributed by atoms with E-state index in [2.05, 4.69) is 0 Å². The minimum Gasteiger partial charge on any atom is -0.382 e. The van der Waals surface area contributed by atoms with Crippen LogP contribution in [0.5, 0.6) is 0 Å². The quantitative estimate of drug-likeness (QED) is 0.848. The molecule has 1 rings (SSSR count). The van der Waals surface area contributed by atoms with Gasteiger partial charge in [0, 0.05) is 18.0 Å². The highest BCUT2D eigenvalue weighted by atomic mass is 35.5. The molecule has 2 nitrogen and oxygen atoms in total. The maximum absolute atomic E-state index is 6.01. The average molecular weight is 234 g/mol. The van der Waals surface area contributed by atoms with Gasteiger partial charge in [0.05, 0.1) is 11.1 Å². The highest BCUT2D eigenvalue weighted by Crippen LogP contribution is 2.29. The van der Waals surface area contributed by atoms with Crippen LogP contribution in [0.4, 0.5) is 0 Å². The number of hydrogen-bond donors (Lipinski definition) is 1. The first-order chi connectivity index (χ1) is 6.65. The molecule has 0 aliphatic heterocycles. The van der Waals surface area contributed by atoms with Crippen LogP contribution in [-0.4, -0.2) is 13.2 Å². The first-order valence-corrected chi connectivity index (χ1v) is 5.92. The zero-order valence-electron chi connectivity index (χ0n) is 8.50. The van der Waals surface area contributed by atoms with Crippen LogP contribution in [0.15, 0.2) is 11.4 Å². The van der Waals surface area contributed by atoms with E-state index in [1.165, 1.54) is 0 Å². The normalized spacial score (nSPS) is 15.4. The molecular formula is C10H16ClNOS. The lowest BCUT2D eigenvalue weighted by Gasteiger charge is -2.13. The fraction of sp³-hybridized carbons (Fsp3) is 0.600. The summed E-state index contributed by atoms with van der Waals surface area (Å²) in [6.07, 6.45) is 2.14. The Kier molecular flexibility index (Phi) is 4.89. The lowest BCUT2D eigenvalue weighted by atomic mass is 10.1. The van der Waals surface area contributed by atoms with E-state index in [-0.39, 0.29) is 12.1 Å². The molecule has 14 heavy (non-hydrogen) atoms. The highest BCUT2D eigenvalue weighted by Gasteiger charge is 2.12. The Labute approximate surface area is 94.0 Å². The van der Waals surface area contributed by atoms with Gasteiger partial charge in [-0.1, -0.05) is 11.6 Å². The highest BCUT2D eigenvalue weighted by molar-refractivity contribution is 7.10. The molecule has 1 aromatic rings. The van der Waals surface area contributed by atoms with Crippen LogP contribution >= 0.6 is 22.9 Å². The molecule has 0 saturated carbocycles. The van der Waals surface area contributed by atoms with Crippen molar-refractivity contribution in [2.75, 3.05) is 7.11 Å². The lowest BCUT2D eigenvalue weighted by molar-refractivity contribution is 0.107. The summed E-state index contributed by atoms with van der Waals surface area (Å²) in [5.74, 6) is 0. The van der Waals surface area contributed by atoms with E-state index in [0.717, 1.165) is 22.7 Å². The van der Waals surface area contributed by atoms with Gasteiger partial charge in [-0.05, 0) is 31.2 Å². The summed E-state index contributed by atoms with van der Waals surface area (Å²) in [6.45, 7) is 2.04. The molecule has 0 spiro atoms. The molecule has 0 aliphatic rings. The zero-order chi connectivity index (χ0) is 10.6. The van der Waals surface area contributed by atoms with Gasteiger partial charge in [-0.15, -0.1) is 11.3 Å². The molecule has 2 N–H and O–H groups in total. The van der Waals surface area contributed by atoms with Gasteiger partial charge < -0.3 is 10.5 Å². The Balaban J connectivity index is 2.43. The average Bonchev–Trinajstić information content (AvgIpc) is 2.60. The Hall–Kier alpha value is -0.0900. The van der Waals surface area contributed by atoms with E-state index < -0.39 is 0 Å². The summed E-state index contributed by atoms with van der Waals surface area (Å²) < 4.78 is 5.16. The molecule has 80 valence electrons. The molecule has 4 heteroatoms. The Bertz CT molecular complexity index is 277. The van der Waals surface area contributed by atoms with Crippen molar-refractivity contribution >= 4 is 22.9 Å². The molecule has 0 saturated heterocycles. The van der Waals surface area contributed by atoms with E-state index in [1.807, 2.05) is 18.4 Å². The van der Waals surface area contributed by atoms with Crippen LogP contribution in [0.3, 0.4) is 0 Å². The predicted octanol–water partition coefficient (Wildman–Crippen LogP) is 3.22. The standard InChI is InChI=1S/C10H16ClNOS/c1-7(13-2)3-4-9(12)10-8(11)5-6-14-10/h5-7,9H,3-4,12H2,1-2H3. The maximum atomic E-state index is 6.01. The van der Waals surface area contributed by atoms with Gasteiger partial charge in [-0.2, -0.15) is 0 Å². The second-order valence-corrected chi connectivity index (χ2v) is 4.72. The van der Waals surface area contributed by atoms with Crippen LogP contribution in [-0.2, 0) is 4.74 Å². The second-order valence-electron chi connectivity index (χ2n) is 3.36. The van der Waals surface area contributed by atoms with E-state index in [9.17, 15) is 0 Å². The summed E-state index contributed by atoms with van der Waals surface area (Å²) >= 11 is 7.60. The molecule has 0 amide bonds. The van der Waals surface area contributed by atoms with E-state index in [4.69, 9.17) is 22.1 Å². The number of methoxy groups -OCH3 is 1. The van der Waals surface area contributed by atoms with Crippen LogP contribution < -0.4 is 5.73 Å². The second kappa shape index (κ2) is 5.71. The van der Waals surface area contributed by atoms with Crippen molar-refractivity contribution in [1.82, 2.24) is 0 Å². The Morgan fingerprint density at radius 2 is 2.29 bits per heavy atom. The Morgan fingerprint density at radius 3 is 2.79 bits per heavy atom. The van der Waals surface area contributed by atoms with Crippen molar-refractivity contribution in [3.63, 3.8) is 0 Å². The summed E-state index contributed by atoms with van der Waals surface area (Å²) in [5, 5.41) is 2.75. The van der Waals surface area contributed by atoms with Crippen molar-refractivity contribution in [3.05, 3.63) is 21.3 Å². The molecule has 0 fully saturated rings. The third-order valence-electron chi connectivity index (χ3n) is 2.27. The molecular weight excluding hydrogens is 218 g/mol. The molecule has 0 aliphatic carbocycles. The largest absolute Gasteiger partial charge is 0.382 e. The predicted molar refractivity (Wildman–Crippen MR) is 62.0 cm³/mol. The third-order valence-corrected chi connectivity index (χ3v) is 3.76. The van der Waals surface area contributed by atoms with Gasteiger partial charge in [0.15, 0.2) is 0 Å². The summed E-state index contributed by atoms with van der Waals surface area (Å²) in [6, 6.07) is 1.93. The molecule has 2 unspecified atom stereocenters. The van der Waals surface area contributed by atoms with Crippen LogP contribution in [0.1, 0.15) is 30.7 Å². The van der Waals surface area contributed by atoms with Crippen molar-refractivity contribution in [3.8, 4) is 0 Å². The minimum absolute atomic E-state index is 0.0418. The summed E-state index contributed by atoms with van der Waals surface area (Å²) in [5.41, 5.74) is 6.01. The van der Waals surface area contributed by atoms with E-state index in [1.54, 1.807) is 18.4 Å². The van der Waals surface area contributed by atoms with Gasteiger partial charge in [-0.25, -0.2) is 0 Å². The van der Waals surface area contributed by atoms with Gasteiger partial charge in [0.1, 0.15) is 0 Å². The molecule has 0 aromatic carbocycles. The fourth-order valence-electron chi connectivity index (χ4n) is 1.23. The number of ether oxygens (including phenoxy) is 1. The van der Waals surface area contributed by atoms with Gasteiger partial charge in [0.2, 0.25) is 0 Å². The van der Waals surface area contributed by atoms with Gasteiger partial charge >= 0.3 is 0 Å². The van der Waals surface area contributed by atoms with Crippen molar-refractivity contribution in [1.29, 1.82) is 0 Å². The summed E-state index contributed by atoms with van der Waals surface area (Å²) in [4.78, 5) is 1.08. The summed E-state index contributed by atoms with van der Waals surface area (Å²) in [7, 11) is 1.72. The molecule has 2 atom stereocenters. The van der Waals surface area contributed by atoms with Crippen LogP contribution in [0.2, 0.25) is 5.02 Å². The first kappa shape index (κ1) is 12.0. The van der Waals surface area contributed by atoms with Gasteiger partial charge in [-0.3, -0.25) is 0 Å². The zero-order valence-corrected chi connectivity index (χ0v) is 10.1. The number of halogens is 1. The maximum Gasteiger partial charge on any atom is 0.0561 e. The molecule has 1 aromatic heterocycles. The van der Waals surface area contributed by atoms with E-state index in [0.29, 0.717) is 0 Å². The smallest absolute Gasteiger partial charge is 0.0561 e. The third kappa shape index (κ3) is 3.24. The van der Waals surface area contributed by atoms with Crippen molar-refractivity contribution in [2.24, 2.45) is 5.73 Å². The lowest BCUT2D eigenvalue weighted by Crippen LogP contribution is -2.13. The Morgan fingerprint density at radius 1 is 1.57 bits per heavy atom. The number of hydrogen-bond acceptors (Lipinski definition) is 3. The van der Waals surface area contributed by atoms with Crippen molar-refractivity contribution < 1.29 is 4.74 Å². The topological polar surface area (TPSA) is 35.2 Å². The molecule has 0 bridgehead atoms. The first-order valence-electron chi connectivity index (χ1n) is 4.66.